The molecule has 0 aromatic carbocycles. The maximum Gasteiger partial charge on any atom is 0.0227 e. The molecule has 68 valence electrons. The molecule has 1 aliphatic heterocycles. The predicted octanol–water partition coefficient (Wildman–Crippen LogP) is 2.98. The van der Waals surface area contributed by atoms with Crippen molar-refractivity contribution in [3.63, 3.8) is 0 Å². The monoisotopic (exact) mass is 157 g/mol. The molecule has 1 N–H and O–H groups in total. The first-order chi connectivity index (χ1) is 5.29. The van der Waals surface area contributed by atoms with Crippen LogP contribution in [0.3, 0.4) is 0 Å². The quantitative estimate of drug-likeness (QED) is 0.533. The van der Waals surface area contributed by atoms with Crippen LogP contribution in [0.4, 0.5) is 0 Å². The third-order valence-corrected chi connectivity index (χ3v) is 1.24. The summed E-state index contributed by atoms with van der Waals surface area (Å²) < 4.78 is 0. The van der Waals surface area contributed by atoms with E-state index in [0.29, 0.717) is 6.04 Å². The third-order valence-electron chi connectivity index (χ3n) is 1.24. The normalized spacial score (nSPS) is 20.5. The van der Waals surface area contributed by atoms with Crippen LogP contribution in [-0.4, -0.2) is 12.6 Å². The molecule has 0 saturated heterocycles. The van der Waals surface area contributed by atoms with Gasteiger partial charge in [0.25, 0.3) is 0 Å². The molecule has 0 amide bonds. The van der Waals surface area contributed by atoms with E-state index in [0.717, 1.165) is 6.54 Å². The second-order valence-electron chi connectivity index (χ2n) is 2.18. The zero-order chi connectivity index (χ0) is 9.28. The lowest BCUT2D eigenvalue weighted by Gasteiger charge is -1.94. The van der Waals surface area contributed by atoms with Crippen LogP contribution in [0.5, 0.6) is 0 Å². The summed E-state index contributed by atoms with van der Waals surface area (Å²) in [5.74, 6) is 0. The molecule has 11 heavy (non-hydrogen) atoms. The highest BCUT2D eigenvalue weighted by atomic mass is 14.9. The first-order valence-electron chi connectivity index (χ1n) is 4.70. The Labute approximate surface area is 71.9 Å². The molecule has 1 heterocycles. The van der Waals surface area contributed by atoms with Crippen LogP contribution in [0.2, 0.25) is 0 Å². The van der Waals surface area contributed by atoms with Gasteiger partial charge in [-0.05, 0) is 13.8 Å². The van der Waals surface area contributed by atoms with Gasteiger partial charge in [0.2, 0.25) is 0 Å². The van der Waals surface area contributed by atoms with Crippen LogP contribution in [0.25, 0.3) is 0 Å². The summed E-state index contributed by atoms with van der Waals surface area (Å²) in [6, 6.07) is 0.611. The zero-order valence-electron chi connectivity index (χ0n) is 8.86. The topological polar surface area (TPSA) is 12.0 Å². The van der Waals surface area contributed by atoms with Crippen molar-refractivity contribution < 1.29 is 0 Å². The van der Waals surface area contributed by atoms with E-state index in [9.17, 15) is 0 Å². The van der Waals surface area contributed by atoms with E-state index in [2.05, 4.69) is 25.2 Å². The average Bonchev–Trinajstić information content (AvgIpc) is 2.43. The molecule has 1 unspecified atom stereocenters. The molecule has 0 fully saturated rings. The molecule has 0 aliphatic carbocycles. The Morgan fingerprint density at radius 1 is 1.27 bits per heavy atom. The molecule has 1 rings (SSSR count). The average molecular weight is 157 g/mol. The van der Waals surface area contributed by atoms with Crippen LogP contribution in [0.1, 0.15) is 41.5 Å². The SMILES string of the molecule is CC.CC.CC1=CC(C)NC1. The van der Waals surface area contributed by atoms with Gasteiger partial charge in [0.15, 0.2) is 0 Å². The standard InChI is InChI=1S/C6H11N.2C2H6/c1-5-3-6(2)7-4-5;2*1-2/h3,6-7H,4H2,1-2H3;2*1-2H3. The number of rotatable bonds is 0. The van der Waals surface area contributed by atoms with Crippen molar-refractivity contribution in [1.82, 2.24) is 5.32 Å². The van der Waals surface area contributed by atoms with Crippen LogP contribution < -0.4 is 5.32 Å². The molecule has 0 radical (unpaired) electrons. The van der Waals surface area contributed by atoms with Gasteiger partial charge < -0.3 is 5.32 Å². The molecule has 0 saturated carbocycles. The summed E-state index contributed by atoms with van der Waals surface area (Å²) in [5, 5.41) is 3.28. The van der Waals surface area contributed by atoms with E-state index in [1.807, 2.05) is 27.7 Å². The van der Waals surface area contributed by atoms with Gasteiger partial charge in [-0.25, -0.2) is 0 Å². The Bertz CT molecular complexity index is 95.0. The summed E-state index contributed by atoms with van der Waals surface area (Å²) in [5.41, 5.74) is 1.47. The van der Waals surface area contributed by atoms with Crippen molar-refractivity contribution in [2.45, 2.75) is 47.6 Å². The lowest BCUT2D eigenvalue weighted by atomic mass is 10.3. The molecule has 1 heteroatoms. The number of hydrogen-bond donors (Lipinski definition) is 1. The molecular weight excluding hydrogens is 134 g/mol. The van der Waals surface area contributed by atoms with Gasteiger partial charge in [0.1, 0.15) is 0 Å². The van der Waals surface area contributed by atoms with Crippen LogP contribution in [-0.2, 0) is 0 Å². The fourth-order valence-electron chi connectivity index (χ4n) is 0.867. The maximum atomic E-state index is 3.28. The molecule has 0 spiro atoms. The van der Waals surface area contributed by atoms with Gasteiger partial charge >= 0.3 is 0 Å². The molecule has 1 aliphatic rings. The fourth-order valence-corrected chi connectivity index (χ4v) is 0.867. The van der Waals surface area contributed by atoms with Crippen molar-refractivity contribution in [2.75, 3.05) is 6.54 Å². The van der Waals surface area contributed by atoms with Crippen molar-refractivity contribution in [1.29, 1.82) is 0 Å². The Balaban J connectivity index is 0. The van der Waals surface area contributed by atoms with E-state index in [1.165, 1.54) is 5.57 Å². The van der Waals surface area contributed by atoms with Crippen LogP contribution in [0.15, 0.2) is 11.6 Å². The van der Waals surface area contributed by atoms with Crippen molar-refractivity contribution in [3.8, 4) is 0 Å². The van der Waals surface area contributed by atoms with E-state index >= 15 is 0 Å². The zero-order valence-corrected chi connectivity index (χ0v) is 8.86. The first kappa shape index (κ1) is 13.3. The highest BCUT2D eigenvalue weighted by Gasteiger charge is 2.03. The van der Waals surface area contributed by atoms with E-state index in [1.54, 1.807) is 0 Å². The molecule has 1 nitrogen and oxygen atoms in total. The lowest BCUT2D eigenvalue weighted by molar-refractivity contribution is 0.721. The minimum atomic E-state index is 0.611. The molecule has 0 aromatic rings. The minimum absolute atomic E-state index is 0.611. The summed E-state index contributed by atoms with van der Waals surface area (Å²) in [4.78, 5) is 0. The predicted molar refractivity (Wildman–Crippen MR) is 53.9 cm³/mol. The summed E-state index contributed by atoms with van der Waals surface area (Å²) in [6.45, 7) is 13.4. The Morgan fingerprint density at radius 3 is 1.82 bits per heavy atom. The van der Waals surface area contributed by atoms with E-state index in [4.69, 9.17) is 0 Å². The summed E-state index contributed by atoms with van der Waals surface area (Å²) in [6.07, 6.45) is 2.25. The van der Waals surface area contributed by atoms with Crippen molar-refractivity contribution in [2.24, 2.45) is 0 Å². The highest BCUT2D eigenvalue weighted by Crippen LogP contribution is 2.01. The van der Waals surface area contributed by atoms with Crippen molar-refractivity contribution in [3.05, 3.63) is 11.6 Å². The lowest BCUT2D eigenvalue weighted by Crippen LogP contribution is -2.17. The maximum absolute atomic E-state index is 3.28. The minimum Gasteiger partial charge on any atom is -0.307 e. The van der Waals surface area contributed by atoms with Crippen LogP contribution in [0, 0.1) is 0 Å². The second-order valence-corrected chi connectivity index (χ2v) is 2.18. The van der Waals surface area contributed by atoms with Gasteiger partial charge in [0, 0.05) is 12.6 Å². The molecule has 1 atom stereocenters. The summed E-state index contributed by atoms with van der Waals surface area (Å²) >= 11 is 0. The van der Waals surface area contributed by atoms with Gasteiger partial charge in [-0.2, -0.15) is 0 Å². The number of nitrogens with one attached hydrogen (secondary N) is 1. The Morgan fingerprint density at radius 2 is 1.73 bits per heavy atom. The second kappa shape index (κ2) is 9.70. The van der Waals surface area contributed by atoms with E-state index in [-0.39, 0.29) is 0 Å². The molecule has 0 bridgehead atoms. The fraction of sp³-hybridized carbons (Fsp3) is 0.800. The van der Waals surface area contributed by atoms with Gasteiger partial charge in [-0.3, -0.25) is 0 Å². The van der Waals surface area contributed by atoms with Gasteiger partial charge in [0.05, 0.1) is 0 Å². The smallest absolute Gasteiger partial charge is 0.0227 e. The van der Waals surface area contributed by atoms with Gasteiger partial charge in [-0.1, -0.05) is 39.3 Å². The van der Waals surface area contributed by atoms with E-state index < -0.39 is 0 Å². The number of hydrogen-bond acceptors (Lipinski definition) is 1. The third kappa shape index (κ3) is 7.60. The largest absolute Gasteiger partial charge is 0.307 e. The first-order valence-corrected chi connectivity index (χ1v) is 4.70. The summed E-state index contributed by atoms with van der Waals surface area (Å²) in [7, 11) is 0. The Hall–Kier alpha value is -0.300. The Kier molecular flexibility index (Phi) is 11.7. The van der Waals surface area contributed by atoms with Crippen LogP contribution >= 0.6 is 0 Å². The highest BCUT2D eigenvalue weighted by molar-refractivity contribution is 5.11. The molecular formula is C10H23N. The molecule has 0 aromatic heterocycles. The van der Waals surface area contributed by atoms with Crippen molar-refractivity contribution >= 4 is 0 Å². The van der Waals surface area contributed by atoms with Gasteiger partial charge in [-0.15, -0.1) is 0 Å².